The van der Waals surface area contributed by atoms with Crippen molar-refractivity contribution >= 4 is 35.3 Å². The number of fused-ring (bicyclic) bond motifs is 1. The number of aliphatic carboxylic acids is 1. The number of amides is 2. The third kappa shape index (κ3) is 7.19. The van der Waals surface area contributed by atoms with E-state index in [2.05, 4.69) is 10.6 Å². The Morgan fingerprint density at radius 1 is 1.11 bits per heavy atom. The molecule has 2 fully saturated rings. The van der Waals surface area contributed by atoms with E-state index in [-0.39, 0.29) is 54.8 Å². The Bertz CT molecular complexity index is 972. The van der Waals surface area contributed by atoms with Crippen LogP contribution in [0.5, 0.6) is 5.75 Å². The van der Waals surface area contributed by atoms with Crippen LogP contribution in [0.25, 0.3) is 0 Å². The number of carboxylic acids is 1. The second kappa shape index (κ2) is 12.0. The van der Waals surface area contributed by atoms with Crippen LogP contribution in [-0.4, -0.2) is 68.6 Å². The molecule has 4 atom stereocenters. The van der Waals surface area contributed by atoms with Gasteiger partial charge in [0.15, 0.2) is 17.5 Å². The summed E-state index contributed by atoms with van der Waals surface area (Å²) >= 11 is 1.80. The third-order valence-electron chi connectivity index (χ3n) is 6.67. The molecule has 2 aliphatic heterocycles. The summed E-state index contributed by atoms with van der Waals surface area (Å²) in [4.78, 5) is 48.5. The molecular weight excluding hydrogens is 486 g/mol. The zero-order valence-corrected chi connectivity index (χ0v) is 20.8. The number of phenols is 1. The number of benzene rings is 1. The minimum Gasteiger partial charge on any atom is -0.508 e. The van der Waals surface area contributed by atoms with Gasteiger partial charge in [0, 0.05) is 17.4 Å². The van der Waals surface area contributed by atoms with E-state index in [0.29, 0.717) is 12.0 Å². The predicted molar refractivity (Wildman–Crippen MR) is 135 cm³/mol. The number of aromatic hydroxyl groups is 1. The lowest BCUT2D eigenvalue weighted by molar-refractivity contribution is -0.138. The average molecular weight is 521 g/mol. The molecule has 0 unspecified atom stereocenters. The fourth-order valence-corrected chi connectivity index (χ4v) is 6.06. The van der Waals surface area contributed by atoms with Crippen LogP contribution in [0.15, 0.2) is 24.3 Å². The van der Waals surface area contributed by atoms with E-state index in [0.717, 1.165) is 18.6 Å². The first-order chi connectivity index (χ1) is 17.0. The first-order valence-corrected chi connectivity index (χ1v) is 13.0. The molecule has 2 amide bonds. The molecule has 0 saturated carbocycles. The standard InChI is InChI=1S/C24H34N5O6S/c25-16(11-13-5-7-14(30)8-6-13)21(32)15(22(33)34)9-10-24(26,27)19(31)4-2-1-3-18-20-17(12-36-18)28-23(35)29-20/h5-8,16-18,20,30H,1-4,9-12,25-27H2,(H,33,34)(H2,28,29,35)/t16-,17-,18-,20-/m0/s1. The minimum absolute atomic E-state index is 0.0639. The van der Waals surface area contributed by atoms with Crippen molar-refractivity contribution in [3.8, 4) is 5.75 Å². The molecule has 0 bridgehead atoms. The molecule has 2 heterocycles. The number of unbranched alkanes of at least 4 members (excludes halogenated alkanes) is 1. The molecule has 0 aliphatic carbocycles. The lowest BCUT2D eigenvalue weighted by atomic mass is 9.86. The van der Waals surface area contributed by atoms with Crippen molar-refractivity contribution in [3.05, 3.63) is 35.7 Å². The van der Waals surface area contributed by atoms with Crippen molar-refractivity contribution in [2.45, 2.75) is 74.0 Å². The van der Waals surface area contributed by atoms with Crippen LogP contribution in [-0.2, 0) is 20.8 Å². The van der Waals surface area contributed by atoms with Crippen molar-refractivity contribution < 1.29 is 29.4 Å². The predicted octanol–water partition coefficient (Wildman–Crippen LogP) is 0.179. The fraction of sp³-hybridized carbons (Fsp3) is 0.542. The summed E-state index contributed by atoms with van der Waals surface area (Å²) in [6, 6.07) is 5.09. The Morgan fingerprint density at radius 2 is 1.81 bits per heavy atom. The van der Waals surface area contributed by atoms with E-state index in [4.69, 9.17) is 17.2 Å². The average Bonchev–Trinajstić information content (AvgIpc) is 3.36. The van der Waals surface area contributed by atoms with E-state index in [9.17, 15) is 29.4 Å². The lowest BCUT2D eigenvalue weighted by Crippen LogP contribution is -2.56. The van der Waals surface area contributed by atoms with Crippen LogP contribution in [0.2, 0.25) is 0 Å². The summed E-state index contributed by atoms with van der Waals surface area (Å²) in [7, 11) is 0. The summed E-state index contributed by atoms with van der Waals surface area (Å²) in [6.07, 6.45) is 1.90. The van der Waals surface area contributed by atoms with E-state index < -0.39 is 35.2 Å². The van der Waals surface area contributed by atoms with Gasteiger partial charge in [-0.15, -0.1) is 0 Å². The first-order valence-electron chi connectivity index (χ1n) is 11.9. The lowest BCUT2D eigenvalue weighted by Gasteiger charge is -2.25. The van der Waals surface area contributed by atoms with Crippen molar-refractivity contribution in [2.24, 2.45) is 17.2 Å². The maximum absolute atomic E-state index is 12.7. The number of ketones is 2. The Kier molecular flexibility index (Phi) is 9.34. The van der Waals surface area contributed by atoms with Gasteiger partial charge in [0.2, 0.25) is 0 Å². The molecule has 3 rings (SSSR count). The van der Waals surface area contributed by atoms with Crippen LogP contribution < -0.4 is 27.8 Å². The van der Waals surface area contributed by atoms with Crippen LogP contribution in [0.4, 0.5) is 4.79 Å². The number of carboxylic acid groups (broad SMARTS) is 1. The summed E-state index contributed by atoms with van der Waals surface area (Å²) in [5, 5.41) is 25.0. The molecule has 1 aromatic rings. The monoisotopic (exact) mass is 520 g/mol. The number of thioether (sulfide) groups is 1. The number of nitrogens with two attached hydrogens (primary N) is 3. The number of carbonyl (C=O) groups excluding carboxylic acids is 3. The Balaban J connectivity index is 1.43. The van der Waals surface area contributed by atoms with E-state index in [1.54, 1.807) is 23.9 Å². The van der Waals surface area contributed by atoms with Gasteiger partial charge >= 0.3 is 12.0 Å². The van der Waals surface area contributed by atoms with Crippen molar-refractivity contribution in [2.75, 3.05) is 5.75 Å². The van der Waals surface area contributed by atoms with Crippen molar-refractivity contribution in [1.29, 1.82) is 0 Å². The number of urea groups is 1. The number of nitrogens with one attached hydrogen (secondary N) is 2. The van der Waals surface area contributed by atoms with Gasteiger partial charge in [-0.1, -0.05) is 18.6 Å². The normalized spacial score (nSPS) is 22.1. The topological polar surface area (TPSA) is 211 Å². The maximum Gasteiger partial charge on any atom is 0.318 e. The Hall–Kier alpha value is -2.67. The maximum atomic E-state index is 12.7. The van der Waals surface area contributed by atoms with Crippen LogP contribution in [0.1, 0.15) is 44.1 Å². The highest BCUT2D eigenvalue weighted by Crippen LogP contribution is 2.33. The highest BCUT2D eigenvalue weighted by Gasteiger charge is 2.42. The molecule has 1 radical (unpaired) electrons. The zero-order valence-electron chi connectivity index (χ0n) is 19.9. The molecular formula is C24H34N5O6S. The Labute approximate surface area is 213 Å². The molecule has 2 saturated heterocycles. The van der Waals surface area contributed by atoms with Gasteiger partial charge in [0.1, 0.15) is 11.4 Å². The number of phenolic OH excluding ortho intramolecular Hbond substituents is 1. The molecule has 12 heteroatoms. The van der Waals surface area contributed by atoms with Crippen LogP contribution >= 0.6 is 11.8 Å². The van der Waals surface area contributed by atoms with Gasteiger partial charge in [-0.2, -0.15) is 11.8 Å². The molecule has 197 valence electrons. The molecule has 0 spiro atoms. The molecule has 2 aliphatic rings. The summed E-state index contributed by atoms with van der Waals surface area (Å²) < 4.78 is 0. The van der Waals surface area contributed by atoms with Crippen LogP contribution in [0.3, 0.4) is 0 Å². The molecule has 10 N–H and O–H groups in total. The van der Waals surface area contributed by atoms with E-state index >= 15 is 0 Å². The Morgan fingerprint density at radius 3 is 2.47 bits per heavy atom. The molecule has 1 aromatic carbocycles. The second-order valence-electron chi connectivity index (χ2n) is 9.46. The van der Waals surface area contributed by atoms with Crippen molar-refractivity contribution in [3.63, 3.8) is 0 Å². The second-order valence-corrected chi connectivity index (χ2v) is 10.7. The van der Waals surface area contributed by atoms with E-state index in [1.165, 1.54) is 12.1 Å². The third-order valence-corrected chi connectivity index (χ3v) is 8.18. The van der Waals surface area contributed by atoms with Gasteiger partial charge in [-0.3, -0.25) is 14.4 Å². The van der Waals surface area contributed by atoms with Gasteiger partial charge in [0.05, 0.1) is 18.1 Å². The first kappa shape index (κ1) is 27.9. The fourth-order valence-electron chi connectivity index (χ4n) is 4.52. The summed E-state index contributed by atoms with van der Waals surface area (Å²) in [6.45, 7) is 0. The molecule has 0 aromatic heterocycles. The van der Waals surface area contributed by atoms with Gasteiger partial charge < -0.3 is 38.0 Å². The number of hydrogen-bond acceptors (Lipinski definition) is 9. The van der Waals surface area contributed by atoms with Gasteiger partial charge in [-0.05, 0) is 49.8 Å². The summed E-state index contributed by atoms with van der Waals surface area (Å²) in [5.41, 5.74) is 16.9. The SMILES string of the molecule is N[C@@H](Cc1ccc(O)cc1)C(=O)[C](CCC(N)(N)C(=O)CCCC[C@@H]1SC[C@@H]2NC(=O)N[C@@H]21)C(=O)O. The quantitative estimate of drug-likeness (QED) is 0.0765. The minimum atomic E-state index is -1.77. The zero-order chi connectivity index (χ0) is 26.5. The highest BCUT2D eigenvalue weighted by molar-refractivity contribution is 8.00. The van der Waals surface area contributed by atoms with Crippen molar-refractivity contribution in [1.82, 2.24) is 10.6 Å². The van der Waals surface area contributed by atoms with Gasteiger partial charge in [0.25, 0.3) is 0 Å². The van der Waals surface area contributed by atoms with Crippen LogP contribution in [0, 0.1) is 5.92 Å². The number of carbonyl (C=O) groups is 4. The summed E-state index contributed by atoms with van der Waals surface area (Å²) in [5.74, 6) is -2.10. The number of Topliss-reactive ketones (excluding diaryl/α,β-unsaturated/α-hetero) is 2. The number of hydrogen-bond donors (Lipinski definition) is 7. The number of rotatable bonds is 14. The molecule has 11 nitrogen and oxygen atoms in total. The van der Waals surface area contributed by atoms with E-state index in [1.807, 2.05) is 0 Å². The highest BCUT2D eigenvalue weighted by atomic mass is 32.2. The molecule has 36 heavy (non-hydrogen) atoms. The van der Waals surface area contributed by atoms with Gasteiger partial charge in [-0.25, -0.2) is 4.79 Å². The largest absolute Gasteiger partial charge is 0.508 e. The smallest absolute Gasteiger partial charge is 0.318 e.